The maximum atomic E-state index is 13.1. The van der Waals surface area contributed by atoms with E-state index in [2.05, 4.69) is 9.88 Å². The number of pyridine rings is 1. The van der Waals surface area contributed by atoms with Crippen LogP contribution in [0.2, 0.25) is 0 Å². The van der Waals surface area contributed by atoms with Gasteiger partial charge in [-0.05, 0) is 38.2 Å². The van der Waals surface area contributed by atoms with Gasteiger partial charge in [0.2, 0.25) is 0 Å². The summed E-state index contributed by atoms with van der Waals surface area (Å²) in [5.41, 5.74) is 2.18. The first kappa shape index (κ1) is 19.0. The summed E-state index contributed by atoms with van der Waals surface area (Å²) in [6.07, 6.45) is 0. The molecule has 0 radical (unpaired) electrons. The van der Waals surface area contributed by atoms with Crippen molar-refractivity contribution in [3.05, 3.63) is 39.7 Å². The van der Waals surface area contributed by atoms with Gasteiger partial charge < -0.3 is 14.6 Å². The van der Waals surface area contributed by atoms with Crippen LogP contribution in [0.15, 0.2) is 23.0 Å². The smallest absolute Gasteiger partial charge is 0.355 e. The first-order valence-electron chi connectivity index (χ1n) is 8.68. The minimum absolute atomic E-state index is 0.118. The number of rotatable bonds is 7. The number of nitrogens with zero attached hydrogens (tertiary/aromatic N) is 2. The molecule has 1 aromatic heterocycles. The molecular weight excluding hydrogens is 318 g/mol. The summed E-state index contributed by atoms with van der Waals surface area (Å²) >= 11 is 0. The second-order valence-corrected chi connectivity index (χ2v) is 6.11. The lowest BCUT2D eigenvalue weighted by molar-refractivity contribution is 0.0517. The Morgan fingerprint density at radius 1 is 1.16 bits per heavy atom. The third-order valence-corrected chi connectivity index (χ3v) is 4.36. The van der Waals surface area contributed by atoms with Crippen LogP contribution in [0.25, 0.3) is 10.9 Å². The van der Waals surface area contributed by atoms with Crippen LogP contribution >= 0.6 is 0 Å². The van der Waals surface area contributed by atoms with Crippen molar-refractivity contribution in [2.45, 2.75) is 27.3 Å². The van der Waals surface area contributed by atoms with E-state index in [4.69, 9.17) is 4.74 Å². The SMILES string of the molecule is CCOC(=O)c1[nH]c2ccc(N(C)C)cc2c(=O)c1CN(CC)CC. The van der Waals surface area contributed by atoms with Gasteiger partial charge in [-0.15, -0.1) is 0 Å². The van der Waals surface area contributed by atoms with Gasteiger partial charge in [0.1, 0.15) is 5.69 Å². The van der Waals surface area contributed by atoms with Crippen LogP contribution in [0.5, 0.6) is 0 Å². The van der Waals surface area contributed by atoms with Crippen molar-refractivity contribution in [1.82, 2.24) is 9.88 Å². The second-order valence-electron chi connectivity index (χ2n) is 6.11. The zero-order valence-electron chi connectivity index (χ0n) is 15.7. The third-order valence-electron chi connectivity index (χ3n) is 4.36. The van der Waals surface area contributed by atoms with E-state index in [0.717, 1.165) is 18.8 Å². The number of H-pyrrole nitrogens is 1. The molecular formula is C19H27N3O3. The van der Waals surface area contributed by atoms with Crippen molar-refractivity contribution < 1.29 is 9.53 Å². The Balaban J connectivity index is 2.69. The van der Waals surface area contributed by atoms with E-state index in [1.807, 2.05) is 51.0 Å². The lowest BCUT2D eigenvalue weighted by Gasteiger charge is -2.20. The second kappa shape index (κ2) is 8.16. The summed E-state index contributed by atoms with van der Waals surface area (Å²) in [5.74, 6) is -0.486. The van der Waals surface area contributed by atoms with Gasteiger partial charge >= 0.3 is 5.97 Å². The Bertz CT molecular complexity index is 807. The predicted molar refractivity (Wildman–Crippen MR) is 101 cm³/mol. The maximum absolute atomic E-state index is 13.1. The Kier molecular flexibility index (Phi) is 6.20. The third kappa shape index (κ3) is 4.02. The number of hydrogen-bond donors (Lipinski definition) is 1. The van der Waals surface area contributed by atoms with Crippen molar-refractivity contribution in [3.8, 4) is 0 Å². The maximum Gasteiger partial charge on any atom is 0.355 e. The van der Waals surface area contributed by atoms with Gasteiger partial charge in [-0.2, -0.15) is 0 Å². The van der Waals surface area contributed by atoms with Gasteiger partial charge in [0.25, 0.3) is 0 Å². The number of ether oxygens (including phenoxy) is 1. The van der Waals surface area contributed by atoms with Gasteiger partial charge in [0, 0.05) is 37.3 Å². The molecule has 0 aliphatic carbocycles. The van der Waals surface area contributed by atoms with Gasteiger partial charge in [0.15, 0.2) is 5.43 Å². The van der Waals surface area contributed by atoms with E-state index in [1.54, 1.807) is 6.92 Å². The minimum Gasteiger partial charge on any atom is -0.461 e. The van der Waals surface area contributed by atoms with Crippen LogP contribution in [-0.2, 0) is 11.3 Å². The molecule has 0 spiro atoms. The summed E-state index contributed by atoms with van der Waals surface area (Å²) < 4.78 is 5.15. The number of carbonyl (C=O) groups is 1. The molecule has 0 saturated carbocycles. The number of esters is 1. The first-order chi connectivity index (χ1) is 11.9. The number of hydrogen-bond acceptors (Lipinski definition) is 5. The molecule has 0 aliphatic rings. The molecule has 6 heteroatoms. The number of nitrogens with one attached hydrogen (secondary N) is 1. The van der Waals surface area contributed by atoms with E-state index >= 15 is 0 Å². The zero-order valence-corrected chi connectivity index (χ0v) is 15.7. The largest absolute Gasteiger partial charge is 0.461 e. The Hall–Kier alpha value is -2.34. The predicted octanol–water partition coefficient (Wildman–Crippen LogP) is 2.61. The molecule has 0 amide bonds. The van der Waals surface area contributed by atoms with Crippen LogP contribution in [0, 0.1) is 0 Å². The Morgan fingerprint density at radius 3 is 2.40 bits per heavy atom. The quantitative estimate of drug-likeness (QED) is 0.782. The Morgan fingerprint density at radius 2 is 1.84 bits per heavy atom. The molecule has 25 heavy (non-hydrogen) atoms. The van der Waals surface area contributed by atoms with Crippen molar-refractivity contribution in [3.63, 3.8) is 0 Å². The van der Waals surface area contributed by atoms with Gasteiger partial charge in [0.05, 0.1) is 12.1 Å². The molecule has 0 saturated heterocycles. The fourth-order valence-corrected chi connectivity index (χ4v) is 2.79. The molecule has 0 bridgehead atoms. The molecule has 0 aliphatic heterocycles. The molecule has 1 aromatic carbocycles. The lowest BCUT2D eigenvalue weighted by Crippen LogP contribution is -2.29. The van der Waals surface area contributed by atoms with Crippen LogP contribution in [-0.4, -0.2) is 49.6 Å². The van der Waals surface area contributed by atoms with Crippen LogP contribution in [0.1, 0.15) is 36.8 Å². The molecule has 2 rings (SSSR count). The van der Waals surface area contributed by atoms with E-state index in [9.17, 15) is 9.59 Å². The van der Waals surface area contributed by atoms with Crippen molar-refractivity contribution in [2.24, 2.45) is 0 Å². The molecule has 0 unspecified atom stereocenters. The number of anilines is 1. The number of carbonyl (C=O) groups excluding carboxylic acids is 1. The molecule has 6 nitrogen and oxygen atoms in total. The average Bonchev–Trinajstić information content (AvgIpc) is 2.60. The standard InChI is InChI=1S/C19H27N3O3/c1-6-22(7-2)12-15-17(19(24)25-8-3)20-16-10-9-13(21(4)5)11-14(16)18(15)23/h9-11H,6-8,12H2,1-5H3,(H,20,23). The highest BCUT2D eigenvalue weighted by Crippen LogP contribution is 2.20. The van der Waals surface area contributed by atoms with Crippen molar-refractivity contribution >= 4 is 22.6 Å². The van der Waals surface area contributed by atoms with Gasteiger partial charge in [-0.1, -0.05) is 13.8 Å². The van der Waals surface area contributed by atoms with Crippen LogP contribution in [0.4, 0.5) is 5.69 Å². The van der Waals surface area contributed by atoms with Crippen molar-refractivity contribution in [1.29, 1.82) is 0 Å². The molecule has 0 atom stereocenters. The van der Waals surface area contributed by atoms with Crippen LogP contribution in [0.3, 0.4) is 0 Å². The summed E-state index contributed by atoms with van der Waals surface area (Å²) in [7, 11) is 3.86. The Labute approximate surface area is 148 Å². The van der Waals surface area contributed by atoms with Gasteiger partial charge in [-0.3, -0.25) is 9.69 Å². The molecule has 136 valence electrons. The van der Waals surface area contributed by atoms with E-state index < -0.39 is 5.97 Å². The first-order valence-corrected chi connectivity index (χ1v) is 8.68. The normalized spacial score (nSPS) is 11.1. The average molecular weight is 345 g/mol. The summed E-state index contributed by atoms with van der Waals surface area (Å²) in [4.78, 5) is 32.7. The monoisotopic (exact) mass is 345 g/mol. The highest BCUT2D eigenvalue weighted by atomic mass is 16.5. The van der Waals surface area contributed by atoms with E-state index in [0.29, 0.717) is 23.0 Å². The fraction of sp³-hybridized carbons (Fsp3) is 0.474. The van der Waals surface area contributed by atoms with E-state index in [-0.39, 0.29) is 17.7 Å². The zero-order chi connectivity index (χ0) is 18.6. The molecule has 1 N–H and O–H groups in total. The lowest BCUT2D eigenvalue weighted by atomic mass is 10.1. The topological polar surface area (TPSA) is 65.6 Å². The van der Waals surface area contributed by atoms with Crippen molar-refractivity contribution in [2.75, 3.05) is 38.7 Å². The number of fused-ring (bicyclic) bond motifs is 1. The molecule has 0 fully saturated rings. The highest BCUT2D eigenvalue weighted by Gasteiger charge is 2.20. The minimum atomic E-state index is -0.486. The molecule has 2 aromatic rings. The number of benzene rings is 1. The number of aromatic amines is 1. The summed E-state index contributed by atoms with van der Waals surface area (Å²) in [5, 5.41) is 0.585. The summed E-state index contributed by atoms with van der Waals surface area (Å²) in [6, 6.07) is 5.60. The van der Waals surface area contributed by atoms with Gasteiger partial charge in [-0.25, -0.2) is 4.79 Å². The number of aromatic nitrogens is 1. The highest BCUT2D eigenvalue weighted by molar-refractivity contribution is 5.93. The fourth-order valence-electron chi connectivity index (χ4n) is 2.79. The van der Waals surface area contributed by atoms with E-state index in [1.165, 1.54) is 0 Å². The summed E-state index contributed by atoms with van der Waals surface area (Å²) in [6.45, 7) is 8.11. The molecule has 1 heterocycles. The van der Waals surface area contributed by atoms with Crippen LogP contribution < -0.4 is 10.3 Å².